The van der Waals surface area contributed by atoms with Crippen LogP contribution in [0.4, 0.5) is 0 Å². The zero-order valence-corrected chi connectivity index (χ0v) is 11.7. The highest BCUT2D eigenvalue weighted by Gasteiger charge is 2.39. The second kappa shape index (κ2) is 5.16. The summed E-state index contributed by atoms with van der Waals surface area (Å²) in [6, 6.07) is -0.219. The van der Waals surface area contributed by atoms with Gasteiger partial charge in [-0.2, -0.15) is 0 Å². The zero-order valence-electron chi connectivity index (χ0n) is 10.1. The number of carbonyl (C=O) groups excluding carboxylic acids is 3. The third kappa shape index (κ3) is 4.11. The molecule has 6 heteroatoms. The number of rotatable bonds is 5. The minimum atomic E-state index is -0.793. The number of amides is 1. The fraction of sp³-hybridized carbons (Fsp3) is 0.727. The molecule has 1 amide bonds. The van der Waals surface area contributed by atoms with Gasteiger partial charge in [0.25, 0.3) is 0 Å². The molecule has 96 valence electrons. The molecule has 0 aromatic heterocycles. The number of nitrogens with one attached hydrogen (secondary N) is 1. The Kier molecular flexibility index (Phi) is 4.30. The van der Waals surface area contributed by atoms with Crippen LogP contribution in [0.2, 0.25) is 0 Å². The Morgan fingerprint density at radius 1 is 1.47 bits per heavy atom. The summed E-state index contributed by atoms with van der Waals surface area (Å²) in [4.78, 5) is 33.1. The Labute approximate surface area is 108 Å². The normalized spacial score (nSPS) is 23.6. The molecular formula is C11H16BrNO4. The molecule has 0 unspecified atom stereocenters. The highest BCUT2D eigenvalue weighted by Crippen LogP contribution is 2.21. The summed E-state index contributed by atoms with van der Waals surface area (Å²) in [5, 5.41) is 2.60. The van der Waals surface area contributed by atoms with Crippen LogP contribution in [-0.2, 0) is 19.1 Å². The lowest BCUT2D eigenvalue weighted by Crippen LogP contribution is -2.60. The van der Waals surface area contributed by atoms with E-state index in [0.29, 0.717) is 0 Å². The minimum absolute atomic E-state index is 0.0295. The monoisotopic (exact) mass is 305 g/mol. The van der Waals surface area contributed by atoms with E-state index in [-0.39, 0.29) is 35.4 Å². The van der Waals surface area contributed by atoms with E-state index in [9.17, 15) is 14.4 Å². The van der Waals surface area contributed by atoms with Crippen LogP contribution in [0.25, 0.3) is 0 Å². The average molecular weight is 306 g/mol. The first kappa shape index (κ1) is 14.2. The van der Waals surface area contributed by atoms with Crippen molar-refractivity contribution in [3.05, 3.63) is 0 Å². The maximum atomic E-state index is 11.6. The van der Waals surface area contributed by atoms with E-state index in [0.717, 1.165) is 0 Å². The van der Waals surface area contributed by atoms with Crippen molar-refractivity contribution in [2.24, 2.45) is 0 Å². The van der Waals surface area contributed by atoms with Crippen LogP contribution in [0.1, 0.15) is 33.6 Å². The van der Waals surface area contributed by atoms with Gasteiger partial charge >= 0.3 is 5.97 Å². The Hall–Kier alpha value is -0.910. The Bertz CT molecular complexity index is 353. The summed E-state index contributed by atoms with van der Waals surface area (Å²) in [6.07, 6.45) is 0.302. The summed E-state index contributed by atoms with van der Waals surface area (Å²) in [5.41, 5.74) is -0.793. The first-order valence-electron chi connectivity index (χ1n) is 5.37. The van der Waals surface area contributed by atoms with Gasteiger partial charge < -0.3 is 10.1 Å². The number of carbonyl (C=O) groups is 3. The quantitative estimate of drug-likeness (QED) is 0.466. The van der Waals surface area contributed by atoms with Crippen molar-refractivity contribution in [1.29, 1.82) is 0 Å². The van der Waals surface area contributed by atoms with Crippen molar-refractivity contribution in [3.63, 3.8) is 0 Å². The second-order valence-corrected chi connectivity index (χ2v) is 5.82. The largest absolute Gasteiger partial charge is 0.459 e. The molecule has 5 nitrogen and oxygen atoms in total. The number of ketones is 1. The SMILES string of the molecule is CC(=O)CC(C)(C)OC(=O)C[C@H]1NC(=O)[C@@H]1Br. The molecule has 1 heterocycles. The fourth-order valence-corrected chi connectivity index (χ4v) is 2.19. The Morgan fingerprint density at radius 2 is 2.06 bits per heavy atom. The van der Waals surface area contributed by atoms with Crippen molar-refractivity contribution < 1.29 is 19.1 Å². The molecule has 1 aliphatic heterocycles. The predicted molar refractivity (Wildman–Crippen MR) is 64.7 cm³/mol. The lowest BCUT2D eigenvalue weighted by atomic mass is 10.0. The summed E-state index contributed by atoms with van der Waals surface area (Å²) in [5.74, 6) is -0.561. The molecule has 17 heavy (non-hydrogen) atoms. The molecule has 2 atom stereocenters. The van der Waals surface area contributed by atoms with E-state index in [1.807, 2.05) is 0 Å². The zero-order chi connectivity index (χ0) is 13.2. The smallest absolute Gasteiger partial charge is 0.308 e. The Balaban J connectivity index is 2.39. The number of esters is 1. The molecule has 0 spiro atoms. The maximum absolute atomic E-state index is 11.6. The molecule has 1 saturated heterocycles. The lowest BCUT2D eigenvalue weighted by molar-refractivity contribution is -0.159. The van der Waals surface area contributed by atoms with Gasteiger partial charge in [-0.1, -0.05) is 15.9 Å². The standard InChI is InChI=1S/C11H16BrNO4/c1-6(14)5-11(2,3)17-8(15)4-7-9(12)10(16)13-7/h7,9H,4-5H2,1-3H3,(H,13,16)/t7-,9-/m1/s1. The number of halogens is 1. The third-order valence-corrected chi connectivity index (χ3v) is 3.44. The van der Waals surface area contributed by atoms with Crippen LogP contribution in [-0.4, -0.2) is 34.1 Å². The van der Waals surface area contributed by atoms with Crippen molar-refractivity contribution in [2.75, 3.05) is 0 Å². The summed E-state index contributed by atoms with van der Waals surface area (Å²) in [6.45, 7) is 4.84. The van der Waals surface area contributed by atoms with Gasteiger partial charge in [0.05, 0.1) is 12.5 Å². The summed E-state index contributed by atoms with van der Waals surface area (Å²) >= 11 is 3.17. The van der Waals surface area contributed by atoms with E-state index in [1.165, 1.54) is 6.92 Å². The third-order valence-electron chi connectivity index (χ3n) is 2.38. The molecule has 0 bridgehead atoms. The number of alkyl halides is 1. The number of hydrogen-bond donors (Lipinski definition) is 1. The highest BCUT2D eigenvalue weighted by molar-refractivity contribution is 9.10. The minimum Gasteiger partial charge on any atom is -0.459 e. The number of Topliss-reactive ketones (excluding diaryl/α,β-unsaturated/α-hetero) is 1. The van der Waals surface area contributed by atoms with Gasteiger partial charge in [0.2, 0.25) is 5.91 Å². The van der Waals surface area contributed by atoms with Crippen molar-refractivity contribution >= 4 is 33.6 Å². The lowest BCUT2D eigenvalue weighted by Gasteiger charge is -2.33. The van der Waals surface area contributed by atoms with Crippen LogP contribution in [0.3, 0.4) is 0 Å². The fourth-order valence-electron chi connectivity index (χ4n) is 1.74. The molecule has 0 aromatic carbocycles. The van der Waals surface area contributed by atoms with Crippen molar-refractivity contribution in [3.8, 4) is 0 Å². The molecule has 0 aliphatic carbocycles. The van der Waals surface area contributed by atoms with E-state index < -0.39 is 11.6 Å². The second-order valence-electron chi connectivity index (χ2n) is 4.83. The molecule has 1 aliphatic rings. The van der Waals surface area contributed by atoms with Gasteiger partial charge in [-0.15, -0.1) is 0 Å². The number of hydrogen-bond acceptors (Lipinski definition) is 4. The first-order valence-corrected chi connectivity index (χ1v) is 6.28. The molecule has 0 radical (unpaired) electrons. The molecule has 1 fully saturated rings. The first-order chi connectivity index (χ1) is 7.71. The molecule has 0 saturated carbocycles. The van der Waals surface area contributed by atoms with Crippen LogP contribution >= 0.6 is 15.9 Å². The van der Waals surface area contributed by atoms with Gasteiger partial charge in [-0.05, 0) is 20.8 Å². The molecular weight excluding hydrogens is 290 g/mol. The van der Waals surface area contributed by atoms with Gasteiger partial charge in [0.1, 0.15) is 16.2 Å². The Morgan fingerprint density at radius 3 is 2.47 bits per heavy atom. The van der Waals surface area contributed by atoms with Gasteiger partial charge in [-0.3, -0.25) is 14.4 Å². The molecule has 0 aromatic rings. The van der Waals surface area contributed by atoms with Crippen molar-refractivity contribution in [2.45, 2.75) is 50.1 Å². The van der Waals surface area contributed by atoms with Crippen LogP contribution in [0.15, 0.2) is 0 Å². The molecule has 1 N–H and O–H groups in total. The average Bonchev–Trinajstić information content (AvgIpc) is 2.13. The van der Waals surface area contributed by atoms with Gasteiger partial charge in [0.15, 0.2) is 0 Å². The maximum Gasteiger partial charge on any atom is 0.308 e. The van der Waals surface area contributed by atoms with E-state index >= 15 is 0 Å². The predicted octanol–water partition coefficient (Wildman–Crippen LogP) is 0.939. The van der Waals surface area contributed by atoms with Crippen LogP contribution < -0.4 is 5.32 Å². The summed E-state index contributed by atoms with van der Waals surface area (Å²) in [7, 11) is 0. The molecule has 1 rings (SSSR count). The van der Waals surface area contributed by atoms with Crippen LogP contribution in [0.5, 0.6) is 0 Å². The van der Waals surface area contributed by atoms with Gasteiger partial charge in [0, 0.05) is 6.42 Å². The number of β-lactam (4-membered cyclic amide) rings is 1. The van der Waals surface area contributed by atoms with Crippen LogP contribution in [0, 0.1) is 0 Å². The van der Waals surface area contributed by atoms with E-state index in [4.69, 9.17) is 4.74 Å². The highest BCUT2D eigenvalue weighted by atomic mass is 79.9. The summed E-state index contributed by atoms with van der Waals surface area (Å²) < 4.78 is 5.21. The van der Waals surface area contributed by atoms with Crippen molar-refractivity contribution in [1.82, 2.24) is 5.32 Å². The van der Waals surface area contributed by atoms with E-state index in [2.05, 4.69) is 21.2 Å². The topological polar surface area (TPSA) is 72.5 Å². The number of ether oxygens (including phenoxy) is 1. The van der Waals surface area contributed by atoms with E-state index in [1.54, 1.807) is 13.8 Å². The van der Waals surface area contributed by atoms with Gasteiger partial charge in [-0.25, -0.2) is 0 Å².